The van der Waals surface area contributed by atoms with Crippen molar-refractivity contribution < 1.29 is 14.3 Å². The zero-order valence-electron chi connectivity index (χ0n) is 14.7. The summed E-state index contributed by atoms with van der Waals surface area (Å²) in [6, 6.07) is 17.4. The predicted octanol–water partition coefficient (Wildman–Crippen LogP) is 2.54. The van der Waals surface area contributed by atoms with Gasteiger partial charge < -0.3 is 15.8 Å². The Labute approximate surface area is 152 Å². The van der Waals surface area contributed by atoms with Gasteiger partial charge in [-0.1, -0.05) is 48.5 Å². The quantitative estimate of drug-likeness (QED) is 0.643. The van der Waals surface area contributed by atoms with E-state index in [4.69, 9.17) is 10.5 Å². The fraction of sp³-hybridized carbons (Fsp3) is 0.238. The van der Waals surface area contributed by atoms with E-state index in [2.05, 4.69) is 11.4 Å². The fourth-order valence-corrected chi connectivity index (χ4v) is 3.19. The molecule has 0 heterocycles. The predicted molar refractivity (Wildman–Crippen MR) is 103 cm³/mol. The molecule has 0 saturated heterocycles. The maximum absolute atomic E-state index is 12.0. The molecule has 0 radical (unpaired) electrons. The molecule has 0 aromatic heterocycles. The molecule has 2 amide bonds. The molecule has 26 heavy (non-hydrogen) atoms. The van der Waals surface area contributed by atoms with E-state index in [1.807, 2.05) is 48.5 Å². The molecule has 134 valence electrons. The molecule has 0 aliphatic heterocycles. The van der Waals surface area contributed by atoms with Crippen LogP contribution in [-0.2, 0) is 20.7 Å². The van der Waals surface area contributed by atoms with Crippen LogP contribution in [0.4, 0.5) is 0 Å². The number of nitrogens with two attached hydrogens (primary N) is 1. The number of nitrogens with one attached hydrogen (secondary N) is 1. The largest absolute Gasteiger partial charge is 0.372 e. The zero-order chi connectivity index (χ0) is 18.5. The average molecular weight is 350 g/mol. The first-order valence-electron chi connectivity index (χ1n) is 8.66. The molecule has 3 aromatic rings. The average Bonchev–Trinajstić information content (AvgIpc) is 2.65. The van der Waals surface area contributed by atoms with Gasteiger partial charge in [0.2, 0.25) is 11.8 Å². The first kappa shape index (κ1) is 17.9. The minimum atomic E-state index is -0.794. The van der Waals surface area contributed by atoms with Gasteiger partial charge in [-0.25, -0.2) is 0 Å². The van der Waals surface area contributed by atoms with E-state index in [0.29, 0.717) is 13.0 Å². The number of fused-ring (bicyclic) bond motifs is 2. The Morgan fingerprint density at radius 2 is 1.62 bits per heavy atom. The maximum Gasteiger partial charge on any atom is 0.246 e. The number of hydrogen-bond acceptors (Lipinski definition) is 3. The second-order valence-electron chi connectivity index (χ2n) is 6.16. The second-order valence-corrected chi connectivity index (χ2v) is 6.16. The second kappa shape index (κ2) is 7.97. The number of primary amides is 1. The third-order valence-electron chi connectivity index (χ3n) is 4.41. The van der Waals surface area contributed by atoms with Crippen LogP contribution in [0.5, 0.6) is 0 Å². The lowest BCUT2D eigenvalue weighted by molar-refractivity contribution is -0.130. The summed E-state index contributed by atoms with van der Waals surface area (Å²) in [7, 11) is 0. The van der Waals surface area contributed by atoms with Crippen molar-refractivity contribution in [1.82, 2.24) is 5.32 Å². The van der Waals surface area contributed by atoms with Crippen LogP contribution >= 0.6 is 0 Å². The molecule has 0 spiro atoms. The Morgan fingerprint density at radius 1 is 1.04 bits per heavy atom. The first-order valence-corrected chi connectivity index (χ1v) is 8.66. The maximum atomic E-state index is 12.0. The van der Waals surface area contributed by atoms with Crippen LogP contribution in [0, 0.1) is 0 Å². The standard InChI is InChI=1S/C21H22N2O3/c1-2-26-13-20(24)23-19(21(22)25)12-18-16-9-5-3-7-14(16)11-15-8-4-6-10-17(15)18/h3-11,19H,2,12-13H2,1H3,(H2,22,25)(H,23,24)/t19-/m1/s1. The number of rotatable bonds is 7. The van der Waals surface area contributed by atoms with Crippen molar-refractivity contribution >= 4 is 33.4 Å². The van der Waals surface area contributed by atoms with Crippen molar-refractivity contribution in [3.8, 4) is 0 Å². The topological polar surface area (TPSA) is 81.4 Å². The molecule has 3 rings (SSSR count). The van der Waals surface area contributed by atoms with Gasteiger partial charge in [-0.3, -0.25) is 9.59 Å². The number of ether oxygens (including phenoxy) is 1. The lowest BCUT2D eigenvalue weighted by atomic mass is 9.92. The van der Waals surface area contributed by atoms with Crippen LogP contribution in [0.15, 0.2) is 54.6 Å². The Balaban J connectivity index is 2.01. The minimum absolute atomic E-state index is 0.0867. The molecule has 1 atom stereocenters. The molecule has 5 nitrogen and oxygen atoms in total. The van der Waals surface area contributed by atoms with Crippen LogP contribution in [0.3, 0.4) is 0 Å². The van der Waals surface area contributed by atoms with Crippen molar-refractivity contribution in [1.29, 1.82) is 0 Å². The van der Waals surface area contributed by atoms with Crippen LogP contribution in [0.1, 0.15) is 12.5 Å². The van der Waals surface area contributed by atoms with E-state index in [1.54, 1.807) is 6.92 Å². The van der Waals surface area contributed by atoms with Gasteiger partial charge in [0, 0.05) is 13.0 Å². The smallest absolute Gasteiger partial charge is 0.246 e. The molecule has 3 N–H and O–H groups in total. The number of carbonyl (C=O) groups excluding carboxylic acids is 2. The van der Waals surface area contributed by atoms with Crippen molar-refractivity contribution in [3.05, 3.63) is 60.2 Å². The summed E-state index contributed by atoms with van der Waals surface area (Å²) in [5.74, 6) is -0.910. The molecule has 0 saturated carbocycles. The molecule has 3 aromatic carbocycles. The van der Waals surface area contributed by atoms with Gasteiger partial charge in [-0.2, -0.15) is 0 Å². The van der Waals surface area contributed by atoms with E-state index >= 15 is 0 Å². The molecule has 0 fully saturated rings. The highest BCUT2D eigenvalue weighted by molar-refractivity contribution is 6.03. The number of hydrogen-bond donors (Lipinski definition) is 2. The highest BCUT2D eigenvalue weighted by atomic mass is 16.5. The van der Waals surface area contributed by atoms with Gasteiger partial charge >= 0.3 is 0 Å². The van der Waals surface area contributed by atoms with E-state index < -0.39 is 11.9 Å². The van der Waals surface area contributed by atoms with Gasteiger partial charge in [0.25, 0.3) is 0 Å². The first-order chi connectivity index (χ1) is 12.6. The van der Waals surface area contributed by atoms with E-state index in [-0.39, 0.29) is 12.5 Å². The minimum Gasteiger partial charge on any atom is -0.372 e. The highest BCUT2D eigenvalue weighted by Gasteiger charge is 2.21. The summed E-state index contributed by atoms with van der Waals surface area (Å²) >= 11 is 0. The Hall–Kier alpha value is -2.92. The summed E-state index contributed by atoms with van der Waals surface area (Å²) < 4.78 is 5.10. The lowest BCUT2D eigenvalue weighted by Crippen LogP contribution is -2.47. The Bertz CT molecular complexity index is 898. The summed E-state index contributed by atoms with van der Waals surface area (Å²) in [6.45, 7) is 2.15. The molecular weight excluding hydrogens is 328 g/mol. The molecule has 0 unspecified atom stereocenters. The van der Waals surface area contributed by atoms with Gasteiger partial charge in [0.15, 0.2) is 0 Å². The van der Waals surface area contributed by atoms with Crippen molar-refractivity contribution in [2.24, 2.45) is 5.73 Å². The number of benzene rings is 3. The van der Waals surface area contributed by atoms with Crippen LogP contribution in [-0.4, -0.2) is 31.1 Å². The third-order valence-corrected chi connectivity index (χ3v) is 4.41. The lowest BCUT2D eigenvalue weighted by Gasteiger charge is -2.18. The normalized spacial score (nSPS) is 12.2. The van der Waals surface area contributed by atoms with Crippen LogP contribution in [0.25, 0.3) is 21.5 Å². The van der Waals surface area contributed by atoms with Crippen molar-refractivity contribution in [2.45, 2.75) is 19.4 Å². The summed E-state index contributed by atoms with van der Waals surface area (Å²) in [5, 5.41) is 6.97. The van der Waals surface area contributed by atoms with Crippen molar-refractivity contribution in [3.63, 3.8) is 0 Å². The van der Waals surface area contributed by atoms with Gasteiger partial charge in [-0.05, 0) is 40.1 Å². The van der Waals surface area contributed by atoms with E-state index in [1.165, 1.54) is 0 Å². The summed E-state index contributed by atoms with van der Waals surface area (Å²) in [4.78, 5) is 23.9. The molecule has 0 aliphatic rings. The van der Waals surface area contributed by atoms with Crippen molar-refractivity contribution in [2.75, 3.05) is 13.2 Å². The van der Waals surface area contributed by atoms with Gasteiger partial charge in [-0.15, -0.1) is 0 Å². The van der Waals surface area contributed by atoms with Gasteiger partial charge in [0.05, 0.1) is 0 Å². The Kier molecular flexibility index (Phi) is 5.49. The number of carbonyl (C=O) groups is 2. The molecular formula is C21H22N2O3. The van der Waals surface area contributed by atoms with E-state index in [0.717, 1.165) is 27.1 Å². The Morgan fingerprint density at radius 3 is 2.15 bits per heavy atom. The molecule has 5 heteroatoms. The number of amides is 2. The summed E-state index contributed by atoms with van der Waals surface area (Å²) in [5.41, 5.74) is 6.55. The molecule has 0 bridgehead atoms. The summed E-state index contributed by atoms with van der Waals surface area (Å²) in [6.07, 6.45) is 0.328. The zero-order valence-corrected chi connectivity index (χ0v) is 14.7. The van der Waals surface area contributed by atoms with Crippen LogP contribution in [0.2, 0.25) is 0 Å². The van der Waals surface area contributed by atoms with Crippen LogP contribution < -0.4 is 11.1 Å². The monoisotopic (exact) mass is 350 g/mol. The van der Waals surface area contributed by atoms with E-state index in [9.17, 15) is 9.59 Å². The third kappa shape index (κ3) is 3.83. The highest BCUT2D eigenvalue weighted by Crippen LogP contribution is 2.29. The fourth-order valence-electron chi connectivity index (χ4n) is 3.19. The van der Waals surface area contributed by atoms with Gasteiger partial charge in [0.1, 0.15) is 12.6 Å². The molecule has 0 aliphatic carbocycles. The SMILES string of the molecule is CCOCC(=O)N[C@H](Cc1c2ccccc2cc2ccccc12)C(N)=O.